The van der Waals surface area contributed by atoms with Crippen LogP contribution in [0.2, 0.25) is 0 Å². The highest BCUT2D eigenvalue weighted by atomic mass is 16.5. The summed E-state index contributed by atoms with van der Waals surface area (Å²) in [5.41, 5.74) is 5.91. The fourth-order valence-electron chi connectivity index (χ4n) is 3.13. The Balaban J connectivity index is 1.56. The van der Waals surface area contributed by atoms with Crippen LogP contribution in [0.1, 0.15) is 37.4 Å². The van der Waals surface area contributed by atoms with Crippen LogP contribution >= 0.6 is 0 Å². The van der Waals surface area contributed by atoms with Crippen molar-refractivity contribution in [2.24, 2.45) is 11.7 Å². The van der Waals surface area contributed by atoms with Gasteiger partial charge in [0, 0.05) is 32.7 Å². The number of nitrogens with zero attached hydrogens (tertiary/aromatic N) is 3. The first-order valence-corrected chi connectivity index (χ1v) is 7.54. The number of aryl methyl sites for hydroxylation is 1. The van der Waals surface area contributed by atoms with E-state index in [0.717, 1.165) is 70.1 Å². The first-order chi connectivity index (χ1) is 9.66. The van der Waals surface area contributed by atoms with Crippen molar-refractivity contribution < 1.29 is 9.26 Å². The van der Waals surface area contributed by atoms with E-state index in [2.05, 4.69) is 22.1 Å². The Bertz CT molecular complexity index is 444. The molecule has 1 atom stereocenters. The zero-order chi connectivity index (χ0) is 14.0. The number of ether oxygens (including phenoxy) is 1. The molecule has 0 spiro atoms. The zero-order valence-corrected chi connectivity index (χ0v) is 12.2. The van der Waals surface area contributed by atoms with Crippen LogP contribution in [0.5, 0.6) is 0 Å². The molecular formula is C14H24N4O2. The molecule has 1 unspecified atom stereocenters. The van der Waals surface area contributed by atoms with Gasteiger partial charge in [-0.25, -0.2) is 0 Å². The SMILES string of the molecule is CN1CCC(N)(c2nc(CCC3CCOCC3)no2)C1. The third-order valence-corrected chi connectivity index (χ3v) is 4.50. The van der Waals surface area contributed by atoms with Gasteiger partial charge in [-0.15, -0.1) is 0 Å². The first kappa shape index (κ1) is 14.0. The molecule has 0 bridgehead atoms. The standard InChI is InChI=1S/C14H24N4O2/c1-18-7-6-14(15,10-18)13-16-12(17-20-13)3-2-11-4-8-19-9-5-11/h11H,2-10,15H2,1H3. The fraction of sp³-hybridized carbons (Fsp3) is 0.857. The lowest BCUT2D eigenvalue weighted by Gasteiger charge is -2.21. The van der Waals surface area contributed by atoms with Crippen molar-refractivity contribution in [1.82, 2.24) is 15.0 Å². The number of nitrogens with two attached hydrogens (primary N) is 1. The van der Waals surface area contributed by atoms with Gasteiger partial charge < -0.3 is 19.9 Å². The molecule has 0 radical (unpaired) electrons. The third kappa shape index (κ3) is 3.02. The molecule has 2 aliphatic heterocycles. The third-order valence-electron chi connectivity index (χ3n) is 4.50. The Labute approximate surface area is 119 Å². The Kier molecular flexibility index (Phi) is 4.05. The number of hydrogen-bond donors (Lipinski definition) is 1. The Morgan fingerprint density at radius 3 is 2.90 bits per heavy atom. The average molecular weight is 280 g/mol. The van der Waals surface area contributed by atoms with Gasteiger partial charge in [-0.3, -0.25) is 0 Å². The molecule has 3 rings (SSSR count). The van der Waals surface area contributed by atoms with Gasteiger partial charge in [-0.2, -0.15) is 4.98 Å². The minimum absolute atomic E-state index is 0.460. The second kappa shape index (κ2) is 5.79. The predicted molar refractivity (Wildman–Crippen MR) is 74.1 cm³/mol. The van der Waals surface area contributed by atoms with E-state index in [1.165, 1.54) is 0 Å². The van der Waals surface area contributed by atoms with Crippen LogP contribution in [0.15, 0.2) is 4.52 Å². The summed E-state index contributed by atoms with van der Waals surface area (Å²) in [4.78, 5) is 6.72. The van der Waals surface area contributed by atoms with E-state index in [4.69, 9.17) is 15.0 Å². The highest BCUT2D eigenvalue weighted by molar-refractivity contribution is 5.07. The molecule has 2 aliphatic rings. The summed E-state index contributed by atoms with van der Waals surface area (Å²) in [6, 6.07) is 0. The van der Waals surface area contributed by atoms with E-state index in [9.17, 15) is 0 Å². The molecular weight excluding hydrogens is 256 g/mol. The molecule has 1 aromatic heterocycles. The summed E-state index contributed by atoms with van der Waals surface area (Å²) in [5.74, 6) is 2.13. The quantitative estimate of drug-likeness (QED) is 0.883. The van der Waals surface area contributed by atoms with Crippen molar-refractivity contribution in [2.45, 2.75) is 37.6 Å². The van der Waals surface area contributed by atoms with Crippen molar-refractivity contribution in [3.8, 4) is 0 Å². The van der Waals surface area contributed by atoms with Crippen LogP contribution in [-0.4, -0.2) is 48.4 Å². The highest BCUT2D eigenvalue weighted by Gasteiger charge is 2.39. The van der Waals surface area contributed by atoms with Crippen LogP contribution in [0.3, 0.4) is 0 Å². The fourth-order valence-corrected chi connectivity index (χ4v) is 3.13. The summed E-state index contributed by atoms with van der Waals surface area (Å²) >= 11 is 0. The highest BCUT2D eigenvalue weighted by Crippen LogP contribution is 2.27. The van der Waals surface area contributed by atoms with Gasteiger partial charge in [-0.1, -0.05) is 5.16 Å². The molecule has 3 heterocycles. The van der Waals surface area contributed by atoms with Gasteiger partial charge in [0.15, 0.2) is 5.82 Å². The second-order valence-corrected chi connectivity index (χ2v) is 6.25. The lowest BCUT2D eigenvalue weighted by molar-refractivity contribution is 0.0638. The molecule has 112 valence electrons. The van der Waals surface area contributed by atoms with Crippen LogP contribution in [0.25, 0.3) is 0 Å². The molecule has 20 heavy (non-hydrogen) atoms. The molecule has 2 saturated heterocycles. The smallest absolute Gasteiger partial charge is 0.248 e. The largest absolute Gasteiger partial charge is 0.381 e. The van der Waals surface area contributed by atoms with Crippen LogP contribution in [-0.2, 0) is 16.7 Å². The number of likely N-dealkylation sites (tertiary alicyclic amines) is 1. The molecule has 0 aromatic carbocycles. The Morgan fingerprint density at radius 2 is 2.20 bits per heavy atom. The van der Waals surface area contributed by atoms with Gasteiger partial charge in [0.1, 0.15) is 5.54 Å². The second-order valence-electron chi connectivity index (χ2n) is 6.25. The maximum Gasteiger partial charge on any atom is 0.248 e. The summed E-state index contributed by atoms with van der Waals surface area (Å²) in [5, 5.41) is 4.10. The van der Waals surface area contributed by atoms with Gasteiger partial charge >= 0.3 is 0 Å². The molecule has 0 amide bonds. The summed E-state index contributed by atoms with van der Waals surface area (Å²) in [6.45, 7) is 3.55. The normalized spacial score (nSPS) is 29.1. The van der Waals surface area contributed by atoms with Crippen molar-refractivity contribution in [2.75, 3.05) is 33.4 Å². The lowest BCUT2D eigenvalue weighted by Crippen LogP contribution is -2.39. The maximum atomic E-state index is 6.37. The van der Waals surface area contributed by atoms with Gasteiger partial charge in [0.05, 0.1) is 0 Å². The van der Waals surface area contributed by atoms with Crippen molar-refractivity contribution in [3.63, 3.8) is 0 Å². The van der Waals surface area contributed by atoms with Gasteiger partial charge in [-0.05, 0) is 38.6 Å². The predicted octanol–water partition coefficient (Wildman–Crippen LogP) is 0.918. The Hall–Kier alpha value is -0.980. The van der Waals surface area contributed by atoms with E-state index in [-0.39, 0.29) is 0 Å². The average Bonchev–Trinajstić information content (AvgIpc) is 3.06. The van der Waals surface area contributed by atoms with Crippen molar-refractivity contribution >= 4 is 0 Å². The zero-order valence-electron chi connectivity index (χ0n) is 12.2. The molecule has 2 fully saturated rings. The van der Waals surface area contributed by atoms with Crippen LogP contribution < -0.4 is 5.73 Å². The minimum Gasteiger partial charge on any atom is -0.381 e. The molecule has 0 saturated carbocycles. The monoisotopic (exact) mass is 280 g/mol. The molecule has 6 heteroatoms. The first-order valence-electron chi connectivity index (χ1n) is 7.54. The van der Waals surface area contributed by atoms with E-state index >= 15 is 0 Å². The number of rotatable bonds is 4. The molecule has 1 aromatic rings. The van der Waals surface area contributed by atoms with E-state index < -0.39 is 5.54 Å². The number of likely N-dealkylation sites (N-methyl/N-ethyl adjacent to an activating group) is 1. The maximum absolute atomic E-state index is 6.37. The summed E-state index contributed by atoms with van der Waals surface area (Å²) in [6.07, 6.45) is 5.16. The van der Waals surface area contributed by atoms with E-state index in [1.807, 2.05) is 0 Å². The summed E-state index contributed by atoms with van der Waals surface area (Å²) in [7, 11) is 2.07. The van der Waals surface area contributed by atoms with Crippen LogP contribution in [0.4, 0.5) is 0 Å². The summed E-state index contributed by atoms with van der Waals surface area (Å²) < 4.78 is 10.8. The van der Waals surface area contributed by atoms with E-state index in [0.29, 0.717) is 5.89 Å². The van der Waals surface area contributed by atoms with Crippen molar-refractivity contribution in [3.05, 3.63) is 11.7 Å². The van der Waals surface area contributed by atoms with Gasteiger partial charge in [0.2, 0.25) is 5.89 Å². The van der Waals surface area contributed by atoms with Gasteiger partial charge in [0.25, 0.3) is 0 Å². The van der Waals surface area contributed by atoms with E-state index in [1.54, 1.807) is 0 Å². The number of aromatic nitrogens is 2. The molecule has 6 nitrogen and oxygen atoms in total. The lowest BCUT2D eigenvalue weighted by atomic mass is 9.95. The van der Waals surface area contributed by atoms with Crippen molar-refractivity contribution in [1.29, 1.82) is 0 Å². The topological polar surface area (TPSA) is 77.4 Å². The minimum atomic E-state index is -0.460. The van der Waals surface area contributed by atoms with Crippen LogP contribution in [0, 0.1) is 5.92 Å². The molecule has 0 aliphatic carbocycles. The molecule has 2 N–H and O–H groups in total. The number of hydrogen-bond acceptors (Lipinski definition) is 6. The Morgan fingerprint density at radius 1 is 1.40 bits per heavy atom.